The van der Waals surface area contributed by atoms with Crippen molar-refractivity contribution in [2.45, 2.75) is 18.7 Å². The van der Waals surface area contributed by atoms with E-state index in [0.29, 0.717) is 16.9 Å². The summed E-state index contributed by atoms with van der Waals surface area (Å²) in [5.41, 5.74) is 1.10. The molecule has 0 atom stereocenters. The van der Waals surface area contributed by atoms with Gasteiger partial charge in [0.2, 0.25) is 10.0 Å². The molecule has 0 aliphatic carbocycles. The van der Waals surface area contributed by atoms with Gasteiger partial charge in [0.15, 0.2) is 0 Å². The second kappa shape index (κ2) is 6.11. The Morgan fingerprint density at radius 2 is 1.60 bits per heavy atom. The van der Waals surface area contributed by atoms with Crippen molar-refractivity contribution in [2.24, 2.45) is 0 Å². The zero-order valence-corrected chi connectivity index (χ0v) is 13.6. The van der Waals surface area contributed by atoms with E-state index >= 15 is 0 Å². The number of sulfone groups is 1. The van der Waals surface area contributed by atoms with E-state index in [9.17, 15) is 16.8 Å². The Morgan fingerprint density at radius 1 is 1.10 bits per heavy atom. The van der Waals surface area contributed by atoms with E-state index in [1.165, 1.54) is 7.11 Å². The molecule has 0 unspecified atom stereocenters. The van der Waals surface area contributed by atoms with Crippen molar-refractivity contribution in [3.8, 4) is 5.75 Å². The molecule has 1 aromatic rings. The standard InChI is InChI=1S/C12H19NO5S2/c1-9-7-11(18-3)8-10(2)12(9)20(16,17)13-5-6-19(4,14)15/h7-8,13H,5-6H2,1-4H3. The van der Waals surface area contributed by atoms with Gasteiger partial charge in [0, 0.05) is 12.8 Å². The second-order valence-electron chi connectivity index (χ2n) is 4.62. The SMILES string of the molecule is COc1cc(C)c(S(=O)(=O)NCCS(C)(=O)=O)c(C)c1. The summed E-state index contributed by atoms with van der Waals surface area (Å²) in [4.78, 5) is 0.159. The van der Waals surface area contributed by atoms with Crippen molar-refractivity contribution < 1.29 is 21.6 Å². The van der Waals surface area contributed by atoms with Gasteiger partial charge in [0.1, 0.15) is 15.6 Å². The molecule has 0 spiro atoms. The average molecular weight is 321 g/mol. The van der Waals surface area contributed by atoms with Crippen LogP contribution in [0.4, 0.5) is 0 Å². The van der Waals surface area contributed by atoms with Crippen LogP contribution in [0.3, 0.4) is 0 Å². The normalized spacial score (nSPS) is 12.4. The number of methoxy groups -OCH3 is 1. The first kappa shape index (κ1) is 16.9. The minimum absolute atomic E-state index is 0.147. The Morgan fingerprint density at radius 3 is 2.00 bits per heavy atom. The number of benzene rings is 1. The highest BCUT2D eigenvalue weighted by molar-refractivity contribution is 7.91. The van der Waals surface area contributed by atoms with Gasteiger partial charge < -0.3 is 4.74 Å². The monoisotopic (exact) mass is 321 g/mol. The lowest BCUT2D eigenvalue weighted by Gasteiger charge is -2.13. The molecule has 1 rings (SSSR count). The Kier molecular flexibility index (Phi) is 5.17. The van der Waals surface area contributed by atoms with Crippen LogP contribution < -0.4 is 9.46 Å². The maximum Gasteiger partial charge on any atom is 0.241 e. The third-order valence-electron chi connectivity index (χ3n) is 2.70. The highest BCUT2D eigenvalue weighted by Gasteiger charge is 2.20. The first-order valence-electron chi connectivity index (χ1n) is 5.89. The van der Waals surface area contributed by atoms with Crippen molar-refractivity contribution >= 4 is 19.9 Å². The predicted molar refractivity (Wildman–Crippen MR) is 77.4 cm³/mol. The van der Waals surface area contributed by atoms with Crippen molar-refractivity contribution in [2.75, 3.05) is 25.7 Å². The van der Waals surface area contributed by atoms with Crippen LogP contribution in [0, 0.1) is 13.8 Å². The van der Waals surface area contributed by atoms with Gasteiger partial charge >= 0.3 is 0 Å². The molecule has 0 radical (unpaired) electrons. The zero-order valence-electron chi connectivity index (χ0n) is 11.9. The molecule has 0 saturated carbocycles. The minimum Gasteiger partial charge on any atom is -0.497 e. The lowest BCUT2D eigenvalue weighted by molar-refractivity contribution is 0.413. The van der Waals surface area contributed by atoms with Gasteiger partial charge in [0.05, 0.1) is 17.8 Å². The second-order valence-corrected chi connectivity index (χ2v) is 8.58. The number of sulfonamides is 1. The van der Waals surface area contributed by atoms with Crippen LogP contribution in [0.15, 0.2) is 17.0 Å². The maximum atomic E-state index is 12.2. The van der Waals surface area contributed by atoms with Crippen molar-refractivity contribution in [3.05, 3.63) is 23.3 Å². The molecular formula is C12H19NO5S2. The minimum atomic E-state index is -3.74. The Balaban J connectivity index is 3.04. The van der Waals surface area contributed by atoms with Gasteiger partial charge in [-0.05, 0) is 37.1 Å². The fraction of sp³-hybridized carbons (Fsp3) is 0.500. The van der Waals surface area contributed by atoms with E-state index in [1.807, 2.05) is 0 Å². The summed E-state index contributed by atoms with van der Waals surface area (Å²) in [5.74, 6) is 0.343. The fourth-order valence-corrected chi connectivity index (χ4v) is 3.97. The summed E-state index contributed by atoms with van der Waals surface area (Å²) < 4.78 is 53.8. The first-order chi connectivity index (χ1) is 9.07. The fourth-order valence-electron chi connectivity index (χ4n) is 1.89. The van der Waals surface area contributed by atoms with Crippen LogP contribution >= 0.6 is 0 Å². The lowest BCUT2D eigenvalue weighted by Crippen LogP contribution is -2.30. The maximum absolute atomic E-state index is 12.2. The molecule has 114 valence electrons. The third-order valence-corrected chi connectivity index (χ3v) is 5.41. The molecule has 1 N–H and O–H groups in total. The molecule has 6 nitrogen and oxygen atoms in total. The molecular weight excluding hydrogens is 302 g/mol. The van der Waals surface area contributed by atoms with E-state index < -0.39 is 19.9 Å². The summed E-state index contributed by atoms with van der Waals surface area (Å²) in [6.07, 6.45) is 1.06. The van der Waals surface area contributed by atoms with Crippen molar-refractivity contribution in [1.82, 2.24) is 4.72 Å². The number of ether oxygens (including phenoxy) is 1. The highest BCUT2D eigenvalue weighted by atomic mass is 32.2. The van der Waals surface area contributed by atoms with E-state index in [1.54, 1.807) is 26.0 Å². The molecule has 0 aromatic heterocycles. The van der Waals surface area contributed by atoms with Crippen LogP contribution in [0.25, 0.3) is 0 Å². The van der Waals surface area contributed by atoms with E-state index in [-0.39, 0.29) is 17.2 Å². The molecule has 20 heavy (non-hydrogen) atoms. The predicted octanol–water partition coefficient (Wildman–Crippen LogP) is 0.635. The smallest absolute Gasteiger partial charge is 0.241 e. The van der Waals surface area contributed by atoms with Crippen LogP contribution in [0.1, 0.15) is 11.1 Å². The Bertz CT molecular complexity index is 670. The quantitative estimate of drug-likeness (QED) is 0.830. The molecule has 1 aromatic carbocycles. The largest absolute Gasteiger partial charge is 0.497 e. The van der Waals surface area contributed by atoms with Crippen molar-refractivity contribution in [1.29, 1.82) is 0 Å². The van der Waals surface area contributed by atoms with Crippen LogP contribution in [-0.4, -0.2) is 42.5 Å². The van der Waals surface area contributed by atoms with Gasteiger partial charge in [-0.3, -0.25) is 0 Å². The lowest BCUT2D eigenvalue weighted by atomic mass is 10.1. The van der Waals surface area contributed by atoms with Gasteiger partial charge in [0.25, 0.3) is 0 Å². The Hall–Kier alpha value is -1.12. The van der Waals surface area contributed by atoms with Gasteiger partial charge in [-0.15, -0.1) is 0 Å². The molecule has 8 heteroatoms. The zero-order chi connectivity index (χ0) is 15.6. The molecule has 0 saturated heterocycles. The van der Waals surface area contributed by atoms with Crippen molar-refractivity contribution in [3.63, 3.8) is 0 Å². The van der Waals surface area contributed by atoms with Crippen LogP contribution in [0.5, 0.6) is 5.75 Å². The highest BCUT2D eigenvalue weighted by Crippen LogP contribution is 2.25. The number of hydrogen-bond acceptors (Lipinski definition) is 5. The first-order valence-corrected chi connectivity index (χ1v) is 9.44. The number of aryl methyl sites for hydroxylation is 2. The molecule has 0 bridgehead atoms. The van der Waals surface area contributed by atoms with E-state index in [2.05, 4.69) is 4.72 Å². The van der Waals surface area contributed by atoms with E-state index in [4.69, 9.17) is 4.74 Å². The van der Waals surface area contributed by atoms with E-state index in [0.717, 1.165) is 6.26 Å². The molecule has 0 fully saturated rings. The number of rotatable bonds is 6. The van der Waals surface area contributed by atoms with Gasteiger partial charge in [-0.1, -0.05) is 0 Å². The summed E-state index contributed by atoms with van der Waals surface area (Å²) in [7, 11) is -5.44. The number of hydrogen-bond donors (Lipinski definition) is 1. The molecule has 0 aliphatic rings. The average Bonchev–Trinajstić information content (AvgIpc) is 2.25. The summed E-state index contributed by atoms with van der Waals surface area (Å²) in [5, 5.41) is 0. The summed E-state index contributed by atoms with van der Waals surface area (Å²) in [6.45, 7) is 3.19. The molecule has 0 amide bonds. The topological polar surface area (TPSA) is 89.5 Å². The number of nitrogens with one attached hydrogen (secondary N) is 1. The Labute approximate surface area is 120 Å². The van der Waals surface area contributed by atoms with Gasteiger partial charge in [-0.25, -0.2) is 21.6 Å². The third kappa shape index (κ3) is 4.46. The molecule has 0 heterocycles. The summed E-state index contributed by atoms with van der Waals surface area (Å²) in [6, 6.07) is 3.25. The molecule has 0 aliphatic heterocycles. The van der Waals surface area contributed by atoms with Crippen LogP contribution in [0.2, 0.25) is 0 Å². The van der Waals surface area contributed by atoms with Crippen LogP contribution in [-0.2, 0) is 19.9 Å². The van der Waals surface area contributed by atoms with Gasteiger partial charge in [-0.2, -0.15) is 0 Å². The summed E-state index contributed by atoms with van der Waals surface area (Å²) >= 11 is 0.